The molecule has 134 valence electrons. The fourth-order valence-corrected chi connectivity index (χ4v) is 12.4. The van der Waals surface area contributed by atoms with Crippen LogP contribution >= 0.6 is 26.3 Å². The predicted molar refractivity (Wildman–Crippen MR) is 130 cm³/mol. The Morgan fingerprint density at radius 2 is 0.741 bits per heavy atom. The summed E-state index contributed by atoms with van der Waals surface area (Å²) in [4.78, 5) is 0. The summed E-state index contributed by atoms with van der Waals surface area (Å²) in [6.45, 7) is 2.15. The molecule has 4 aromatic rings. The van der Waals surface area contributed by atoms with Crippen LogP contribution in [0, 0.1) is 6.92 Å². The molecule has 4 rings (SSSR count). The van der Waals surface area contributed by atoms with Crippen LogP contribution in [0.25, 0.3) is 0 Å². The molecule has 0 saturated carbocycles. The van der Waals surface area contributed by atoms with Gasteiger partial charge in [0.1, 0.15) is 0 Å². The van der Waals surface area contributed by atoms with Gasteiger partial charge in [-0.2, -0.15) is 0 Å². The molecule has 2 heteroatoms. The van der Waals surface area contributed by atoms with Crippen LogP contribution in [0.2, 0.25) is 0 Å². The standard InChI is InChI=1S/C25H22IP/c1-21-17-19-25(20-18-21)27(26,22-11-5-2-6-12-22,23-13-7-3-8-14-23)24-15-9-4-10-16-24/h2-20H,1H3. The zero-order valence-electron chi connectivity index (χ0n) is 15.3. The van der Waals surface area contributed by atoms with Crippen molar-refractivity contribution in [3.63, 3.8) is 0 Å². The van der Waals surface area contributed by atoms with E-state index in [2.05, 4.69) is 144 Å². The van der Waals surface area contributed by atoms with Gasteiger partial charge in [-0.05, 0) is 0 Å². The maximum absolute atomic E-state index is 2.87. The summed E-state index contributed by atoms with van der Waals surface area (Å²) >= 11 is 2.81. The van der Waals surface area contributed by atoms with Gasteiger partial charge in [0.15, 0.2) is 0 Å². The first-order chi connectivity index (χ1) is 13.1. The fraction of sp³-hybridized carbons (Fsp3) is 0.0400. The molecule has 0 aliphatic carbocycles. The summed E-state index contributed by atoms with van der Waals surface area (Å²) in [5, 5.41) is 5.52. The Labute approximate surface area is 174 Å². The number of hydrogen-bond donors (Lipinski definition) is 0. The molecule has 0 aliphatic heterocycles. The second kappa shape index (κ2) is 7.22. The molecule has 0 spiro atoms. The summed E-state index contributed by atoms with van der Waals surface area (Å²) in [7, 11) is 0. The van der Waals surface area contributed by atoms with E-state index in [1.807, 2.05) is 0 Å². The van der Waals surface area contributed by atoms with E-state index in [4.69, 9.17) is 0 Å². The van der Waals surface area contributed by atoms with Gasteiger partial charge >= 0.3 is 175 Å². The first-order valence-corrected chi connectivity index (χ1v) is 14.1. The van der Waals surface area contributed by atoms with E-state index in [9.17, 15) is 0 Å². The Balaban J connectivity index is 2.22. The zero-order valence-corrected chi connectivity index (χ0v) is 18.3. The molecule has 0 saturated heterocycles. The van der Waals surface area contributed by atoms with E-state index < -0.39 is 4.25 Å². The van der Waals surface area contributed by atoms with E-state index in [-0.39, 0.29) is 0 Å². The molecule has 0 N–H and O–H groups in total. The summed E-state index contributed by atoms with van der Waals surface area (Å²) in [5.74, 6) is 0. The third kappa shape index (κ3) is 2.85. The second-order valence-corrected chi connectivity index (χ2v) is 16.7. The van der Waals surface area contributed by atoms with E-state index in [0.29, 0.717) is 0 Å². The van der Waals surface area contributed by atoms with Crippen molar-refractivity contribution in [3.05, 3.63) is 121 Å². The van der Waals surface area contributed by atoms with Crippen molar-refractivity contribution in [2.75, 3.05) is 0 Å². The third-order valence-electron chi connectivity index (χ3n) is 5.24. The van der Waals surface area contributed by atoms with Gasteiger partial charge in [0.2, 0.25) is 0 Å². The van der Waals surface area contributed by atoms with Crippen LogP contribution in [0.4, 0.5) is 0 Å². The van der Waals surface area contributed by atoms with Crippen LogP contribution in [-0.4, -0.2) is 0 Å². The van der Waals surface area contributed by atoms with Crippen LogP contribution in [0.15, 0.2) is 115 Å². The molecule has 4 aromatic carbocycles. The van der Waals surface area contributed by atoms with E-state index in [1.165, 1.54) is 26.8 Å². The summed E-state index contributed by atoms with van der Waals surface area (Å²) < 4.78 is -2.87. The monoisotopic (exact) mass is 480 g/mol. The van der Waals surface area contributed by atoms with Gasteiger partial charge in [-0.3, -0.25) is 0 Å². The molecule has 0 fully saturated rings. The van der Waals surface area contributed by atoms with Gasteiger partial charge in [0, 0.05) is 0 Å². The molecule has 27 heavy (non-hydrogen) atoms. The number of aryl methyl sites for hydroxylation is 1. The number of benzene rings is 4. The van der Waals surface area contributed by atoms with Gasteiger partial charge in [-0.15, -0.1) is 0 Å². The van der Waals surface area contributed by atoms with Gasteiger partial charge in [0.05, 0.1) is 0 Å². The zero-order chi connectivity index (χ0) is 18.8. The molecular weight excluding hydrogens is 458 g/mol. The first-order valence-electron chi connectivity index (χ1n) is 9.12. The third-order valence-corrected chi connectivity index (χ3v) is 17.0. The molecule has 0 radical (unpaired) electrons. The molecule has 0 nitrogen and oxygen atoms in total. The summed E-state index contributed by atoms with van der Waals surface area (Å²) in [6.07, 6.45) is 0. The van der Waals surface area contributed by atoms with Crippen molar-refractivity contribution < 1.29 is 0 Å². The SMILES string of the molecule is Cc1ccc(P(I)(c2ccccc2)(c2ccccc2)c2ccccc2)cc1. The van der Waals surface area contributed by atoms with Gasteiger partial charge in [0.25, 0.3) is 0 Å². The quantitative estimate of drug-likeness (QED) is 0.267. The van der Waals surface area contributed by atoms with Crippen LogP contribution in [0.3, 0.4) is 0 Å². The Hall–Kier alpha value is -1.96. The van der Waals surface area contributed by atoms with Crippen molar-refractivity contribution >= 4 is 47.5 Å². The molecule has 0 atom stereocenters. The van der Waals surface area contributed by atoms with Crippen molar-refractivity contribution in [1.82, 2.24) is 0 Å². The Morgan fingerprint density at radius 1 is 0.444 bits per heavy atom. The predicted octanol–water partition coefficient (Wildman–Crippen LogP) is 5.50. The van der Waals surface area contributed by atoms with Crippen molar-refractivity contribution in [3.8, 4) is 0 Å². The fourth-order valence-electron chi connectivity index (χ4n) is 3.84. The Bertz CT molecular complexity index is 927. The van der Waals surface area contributed by atoms with Crippen LogP contribution in [-0.2, 0) is 0 Å². The summed E-state index contributed by atoms with van der Waals surface area (Å²) in [6, 6.07) is 42.2. The Morgan fingerprint density at radius 3 is 1.07 bits per heavy atom. The molecule has 0 heterocycles. The summed E-state index contributed by atoms with van der Waals surface area (Å²) in [5.41, 5.74) is 1.29. The minimum atomic E-state index is -2.87. The Kier molecular flexibility index (Phi) is 4.92. The van der Waals surface area contributed by atoms with E-state index in [0.717, 1.165) is 0 Å². The molecule has 0 aromatic heterocycles. The van der Waals surface area contributed by atoms with Crippen molar-refractivity contribution in [2.24, 2.45) is 0 Å². The van der Waals surface area contributed by atoms with Crippen LogP contribution < -0.4 is 21.2 Å². The molecule has 0 amide bonds. The van der Waals surface area contributed by atoms with Gasteiger partial charge < -0.3 is 0 Å². The minimum absolute atomic E-state index is 1.29. The number of halogens is 1. The molecule has 0 unspecified atom stereocenters. The number of hydrogen-bond acceptors (Lipinski definition) is 0. The maximum atomic E-state index is 2.81. The molecule has 0 aliphatic rings. The van der Waals surface area contributed by atoms with Crippen molar-refractivity contribution in [2.45, 2.75) is 6.92 Å². The van der Waals surface area contributed by atoms with Gasteiger partial charge in [-0.1, -0.05) is 0 Å². The molecule has 0 bridgehead atoms. The average molecular weight is 480 g/mol. The topological polar surface area (TPSA) is 0 Å². The number of rotatable bonds is 4. The first kappa shape index (κ1) is 18.4. The van der Waals surface area contributed by atoms with E-state index in [1.54, 1.807) is 0 Å². The van der Waals surface area contributed by atoms with Crippen LogP contribution in [0.1, 0.15) is 5.56 Å². The average Bonchev–Trinajstić information content (AvgIpc) is 2.76. The second-order valence-electron chi connectivity index (χ2n) is 6.85. The van der Waals surface area contributed by atoms with Gasteiger partial charge in [-0.25, -0.2) is 0 Å². The molecular formula is C25H22IP. The van der Waals surface area contributed by atoms with E-state index >= 15 is 0 Å². The normalized spacial score (nSPS) is 12.9. The van der Waals surface area contributed by atoms with Crippen molar-refractivity contribution in [1.29, 1.82) is 0 Å². The van der Waals surface area contributed by atoms with Crippen LogP contribution in [0.5, 0.6) is 0 Å².